The largest absolute Gasteiger partial charge is 0.311 e. The molecule has 110 valence electrons. The zero-order chi connectivity index (χ0) is 15.2. The minimum absolute atomic E-state index is 0.0530. The van der Waals surface area contributed by atoms with Crippen LogP contribution in [0.15, 0.2) is 59.8 Å². The van der Waals surface area contributed by atoms with Crippen molar-refractivity contribution in [1.82, 2.24) is 4.90 Å². The van der Waals surface area contributed by atoms with E-state index in [0.29, 0.717) is 6.54 Å². The lowest BCUT2D eigenvalue weighted by molar-refractivity contribution is -0.124. The molecule has 0 aliphatic carbocycles. The summed E-state index contributed by atoms with van der Waals surface area (Å²) in [5.74, 6) is 0.0530. The van der Waals surface area contributed by atoms with Crippen LogP contribution in [0.25, 0.3) is 0 Å². The van der Waals surface area contributed by atoms with Crippen molar-refractivity contribution >= 4 is 5.91 Å². The molecular formula is C19H23NO. The van der Waals surface area contributed by atoms with Crippen molar-refractivity contribution in [3.8, 4) is 0 Å². The molecule has 1 aliphatic heterocycles. The highest BCUT2D eigenvalue weighted by molar-refractivity contribution is 5.89. The molecule has 0 fully saturated rings. The number of carbonyl (C=O) groups excluding carboxylic acids is 1. The van der Waals surface area contributed by atoms with E-state index in [0.717, 1.165) is 24.0 Å². The SMILES string of the molecule is C/C1=C\C=C\N(Cc2ccc(C)cc2)C(=O)/C=C(\C)CC1. The second kappa shape index (κ2) is 7.07. The normalized spacial score (nSPS) is 23.0. The lowest BCUT2D eigenvalue weighted by Crippen LogP contribution is -2.23. The summed E-state index contributed by atoms with van der Waals surface area (Å²) in [6.07, 6.45) is 9.65. The number of amides is 1. The van der Waals surface area contributed by atoms with Crippen molar-refractivity contribution in [3.63, 3.8) is 0 Å². The number of hydrogen-bond acceptors (Lipinski definition) is 1. The molecule has 0 atom stereocenters. The monoisotopic (exact) mass is 281 g/mol. The number of carbonyl (C=O) groups is 1. The third kappa shape index (κ3) is 4.75. The second-order valence-corrected chi connectivity index (χ2v) is 5.80. The van der Waals surface area contributed by atoms with Crippen LogP contribution in [0.5, 0.6) is 0 Å². The van der Waals surface area contributed by atoms with Crippen molar-refractivity contribution in [2.24, 2.45) is 0 Å². The molecule has 1 amide bonds. The Kier molecular flexibility index (Phi) is 5.15. The van der Waals surface area contributed by atoms with E-state index in [9.17, 15) is 4.79 Å². The quantitative estimate of drug-likeness (QED) is 0.780. The molecule has 0 unspecified atom stereocenters. The molecule has 2 rings (SSSR count). The van der Waals surface area contributed by atoms with Crippen molar-refractivity contribution < 1.29 is 4.79 Å². The van der Waals surface area contributed by atoms with E-state index < -0.39 is 0 Å². The second-order valence-electron chi connectivity index (χ2n) is 5.80. The van der Waals surface area contributed by atoms with E-state index in [1.54, 1.807) is 11.0 Å². The summed E-state index contributed by atoms with van der Waals surface area (Å²) in [6.45, 7) is 6.83. The maximum atomic E-state index is 12.4. The van der Waals surface area contributed by atoms with Crippen LogP contribution in [0.1, 0.15) is 37.8 Å². The first-order chi connectivity index (χ1) is 10.0. The van der Waals surface area contributed by atoms with Crippen LogP contribution in [0.4, 0.5) is 0 Å². The van der Waals surface area contributed by atoms with Crippen LogP contribution in [0, 0.1) is 6.92 Å². The molecule has 2 heteroatoms. The Labute approximate surface area is 127 Å². The fourth-order valence-electron chi connectivity index (χ4n) is 2.25. The van der Waals surface area contributed by atoms with Crippen LogP contribution < -0.4 is 0 Å². The Morgan fingerprint density at radius 3 is 2.38 bits per heavy atom. The van der Waals surface area contributed by atoms with Gasteiger partial charge in [0.1, 0.15) is 0 Å². The highest BCUT2D eigenvalue weighted by Gasteiger charge is 2.10. The zero-order valence-corrected chi connectivity index (χ0v) is 13.1. The molecule has 0 N–H and O–H groups in total. The van der Waals surface area contributed by atoms with Crippen LogP contribution in [-0.4, -0.2) is 10.8 Å². The van der Waals surface area contributed by atoms with E-state index >= 15 is 0 Å². The molecule has 0 bridgehead atoms. The number of allylic oxidation sites excluding steroid dienone is 4. The molecule has 21 heavy (non-hydrogen) atoms. The van der Waals surface area contributed by atoms with E-state index in [1.165, 1.54) is 11.1 Å². The van der Waals surface area contributed by atoms with Gasteiger partial charge in [0.05, 0.1) is 6.54 Å². The maximum Gasteiger partial charge on any atom is 0.250 e. The summed E-state index contributed by atoms with van der Waals surface area (Å²) in [4.78, 5) is 14.1. The predicted molar refractivity (Wildman–Crippen MR) is 87.6 cm³/mol. The summed E-state index contributed by atoms with van der Waals surface area (Å²) in [7, 11) is 0. The summed E-state index contributed by atoms with van der Waals surface area (Å²) in [6, 6.07) is 8.31. The Morgan fingerprint density at radius 1 is 1.00 bits per heavy atom. The summed E-state index contributed by atoms with van der Waals surface area (Å²) in [5.41, 5.74) is 4.85. The van der Waals surface area contributed by atoms with Crippen LogP contribution in [-0.2, 0) is 11.3 Å². The molecule has 1 aromatic rings. The van der Waals surface area contributed by atoms with Gasteiger partial charge in [0, 0.05) is 12.3 Å². The highest BCUT2D eigenvalue weighted by Crippen LogP contribution is 2.15. The first-order valence-electron chi connectivity index (χ1n) is 7.42. The van der Waals surface area contributed by atoms with Gasteiger partial charge in [0.2, 0.25) is 0 Å². The lowest BCUT2D eigenvalue weighted by Gasteiger charge is -2.18. The minimum Gasteiger partial charge on any atom is -0.311 e. The van der Waals surface area contributed by atoms with Crippen molar-refractivity contribution in [2.45, 2.75) is 40.2 Å². The number of nitrogens with zero attached hydrogens (tertiary/aromatic N) is 1. The Bertz CT molecular complexity index is 590. The molecular weight excluding hydrogens is 258 g/mol. The Morgan fingerprint density at radius 2 is 1.67 bits per heavy atom. The highest BCUT2D eigenvalue weighted by atomic mass is 16.2. The van der Waals surface area contributed by atoms with Crippen molar-refractivity contribution in [3.05, 3.63) is 71.0 Å². The molecule has 1 heterocycles. The van der Waals surface area contributed by atoms with Gasteiger partial charge >= 0.3 is 0 Å². The van der Waals surface area contributed by atoms with E-state index in [4.69, 9.17) is 0 Å². The molecule has 2 nitrogen and oxygen atoms in total. The molecule has 1 aliphatic rings. The van der Waals surface area contributed by atoms with Crippen LogP contribution >= 0.6 is 0 Å². The smallest absolute Gasteiger partial charge is 0.250 e. The molecule has 0 saturated heterocycles. The fraction of sp³-hybridized carbons (Fsp3) is 0.316. The summed E-state index contributed by atoms with van der Waals surface area (Å²) >= 11 is 0. The van der Waals surface area contributed by atoms with E-state index in [-0.39, 0.29) is 5.91 Å². The van der Waals surface area contributed by atoms with Gasteiger partial charge in [-0.1, -0.05) is 47.1 Å². The van der Waals surface area contributed by atoms with Crippen molar-refractivity contribution in [1.29, 1.82) is 0 Å². The predicted octanol–water partition coefficient (Wildman–Crippen LogP) is 4.52. The van der Waals surface area contributed by atoms with Gasteiger partial charge in [-0.2, -0.15) is 0 Å². The average Bonchev–Trinajstić information content (AvgIpc) is 2.45. The molecule has 0 spiro atoms. The third-order valence-corrected chi connectivity index (χ3v) is 3.69. The van der Waals surface area contributed by atoms with E-state index in [1.807, 2.05) is 19.2 Å². The minimum atomic E-state index is 0.0530. The molecule has 0 saturated carbocycles. The average molecular weight is 281 g/mol. The first kappa shape index (κ1) is 15.3. The van der Waals surface area contributed by atoms with E-state index in [2.05, 4.69) is 44.2 Å². The van der Waals surface area contributed by atoms with Gasteiger partial charge in [-0.25, -0.2) is 0 Å². The van der Waals surface area contributed by atoms with Crippen LogP contribution in [0.3, 0.4) is 0 Å². The number of rotatable bonds is 2. The van der Waals surface area contributed by atoms with Gasteiger partial charge < -0.3 is 4.90 Å². The van der Waals surface area contributed by atoms with Crippen LogP contribution in [0.2, 0.25) is 0 Å². The summed E-state index contributed by atoms with van der Waals surface area (Å²) < 4.78 is 0. The van der Waals surface area contributed by atoms with Gasteiger partial charge in [-0.15, -0.1) is 0 Å². The van der Waals surface area contributed by atoms with Gasteiger partial charge in [-0.3, -0.25) is 4.79 Å². The van der Waals surface area contributed by atoms with Crippen molar-refractivity contribution in [2.75, 3.05) is 0 Å². The third-order valence-electron chi connectivity index (χ3n) is 3.69. The van der Waals surface area contributed by atoms with Gasteiger partial charge in [0.15, 0.2) is 0 Å². The molecule has 0 radical (unpaired) electrons. The fourth-order valence-corrected chi connectivity index (χ4v) is 2.25. The zero-order valence-electron chi connectivity index (χ0n) is 13.1. The summed E-state index contributed by atoms with van der Waals surface area (Å²) in [5, 5.41) is 0. The Balaban J connectivity index is 2.22. The first-order valence-corrected chi connectivity index (χ1v) is 7.42. The number of benzene rings is 1. The topological polar surface area (TPSA) is 20.3 Å². The lowest BCUT2D eigenvalue weighted by atomic mass is 10.1. The van der Waals surface area contributed by atoms with Gasteiger partial charge in [-0.05, 0) is 45.3 Å². The standard InChI is InChI=1S/C19H23NO/c1-15-5-4-12-20(19(21)13-17(3)7-6-15)14-18-10-8-16(2)9-11-18/h4-5,8-13H,6-7,14H2,1-3H3/b12-4+,15-5+,17-13+. The maximum absolute atomic E-state index is 12.4. The molecule has 0 aromatic heterocycles. The Hall–Kier alpha value is -2.09. The van der Waals surface area contributed by atoms with Gasteiger partial charge in [0.25, 0.3) is 5.91 Å². The number of hydrogen-bond donors (Lipinski definition) is 0. The molecule has 1 aromatic carbocycles. The number of aryl methyl sites for hydroxylation is 1.